The molecule has 0 spiro atoms. The van der Waals surface area contributed by atoms with Crippen LogP contribution in [-0.4, -0.2) is 9.55 Å². The van der Waals surface area contributed by atoms with Gasteiger partial charge in [-0.3, -0.25) is 4.98 Å². The van der Waals surface area contributed by atoms with E-state index in [0.717, 1.165) is 38.6 Å². The van der Waals surface area contributed by atoms with Gasteiger partial charge in [-0.2, -0.15) is 0 Å². The van der Waals surface area contributed by atoms with Gasteiger partial charge in [-0.05, 0) is 65.2 Å². The lowest BCUT2D eigenvalue weighted by molar-refractivity contribution is 0.306. The Labute approximate surface area is 217 Å². The van der Waals surface area contributed by atoms with Crippen molar-refractivity contribution in [2.75, 3.05) is 0 Å². The molecule has 3 nitrogen and oxygen atoms in total. The fraction of sp³-hybridized carbons (Fsp3) is 0.0938. The minimum absolute atomic E-state index is 0.274. The summed E-state index contributed by atoms with van der Waals surface area (Å²) in [5.41, 5.74) is 4.90. The molecule has 0 N–H and O–H groups in total. The second-order valence-corrected chi connectivity index (χ2v) is 9.23. The fourth-order valence-corrected chi connectivity index (χ4v) is 4.82. The minimum atomic E-state index is -0.297. The third-order valence-corrected chi connectivity index (χ3v) is 6.71. The monoisotopic (exact) mass is 508 g/mol. The summed E-state index contributed by atoms with van der Waals surface area (Å²) in [7, 11) is 0. The molecular formula is C32H23F3N2O. The van der Waals surface area contributed by atoms with Gasteiger partial charge in [-0.1, -0.05) is 42.5 Å². The summed E-state index contributed by atoms with van der Waals surface area (Å²) >= 11 is 0. The van der Waals surface area contributed by atoms with Crippen LogP contribution in [0, 0.1) is 17.5 Å². The van der Waals surface area contributed by atoms with Crippen LogP contribution in [0.5, 0.6) is 5.75 Å². The summed E-state index contributed by atoms with van der Waals surface area (Å²) in [5.74, 6) is -0.202. The van der Waals surface area contributed by atoms with Gasteiger partial charge in [0, 0.05) is 36.0 Å². The maximum atomic E-state index is 14.6. The van der Waals surface area contributed by atoms with Gasteiger partial charge < -0.3 is 9.30 Å². The predicted molar refractivity (Wildman–Crippen MR) is 143 cm³/mol. The summed E-state index contributed by atoms with van der Waals surface area (Å²) in [5, 5.41) is 2.00. The van der Waals surface area contributed by atoms with E-state index in [4.69, 9.17) is 4.74 Å². The van der Waals surface area contributed by atoms with Gasteiger partial charge in [0.15, 0.2) is 0 Å². The first-order valence-electron chi connectivity index (χ1n) is 12.3. The first-order valence-corrected chi connectivity index (χ1v) is 12.3. The second-order valence-electron chi connectivity index (χ2n) is 9.23. The van der Waals surface area contributed by atoms with E-state index < -0.39 is 0 Å². The van der Waals surface area contributed by atoms with Crippen LogP contribution in [0.3, 0.4) is 0 Å². The molecule has 6 rings (SSSR count). The number of benzene rings is 4. The second kappa shape index (κ2) is 10.1. The highest BCUT2D eigenvalue weighted by Gasteiger charge is 2.17. The van der Waals surface area contributed by atoms with E-state index in [2.05, 4.69) is 9.55 Å². The van der Waals surface area contributed by atoms with Crippen LogP contribution >= 0.6 is 0 Å². The molecule has 4 aromatic carbocycles. The third kappa shape index (κ3) is 4.73. The molecule has 0 saturated heterocycles. The van der Waals surface area contributed by atoms with Crippen LogP contribution in [0.2, 0.25) is 0 Å². The molecule has 6 aromatic rings. The molecular weight excluding hydrogens is 485 g/mol. The molecule has 2 heterocycles. The fourth-order valence-electron chi connectivity index (χ4n) is 4.82. The zero-order valence-corrected chi connectivity index (χ0v) is 20.4. The number of hydrogen-bond donors (Lipinski definition) is 0. The number of halogens is 3. The van der Waals surface area contributed by atoms with Crippen molar-refractivity contribution in [3.63, 3.8) is 0 Å². The normalized spacial score (nSPS) is 11.3. The maximum absolute atomic E-state index is 14.6. The van der Waals surface area contributed by atoms with E-state index in [1.807, 2.05) is 30.3 Å². The van der Waals surface area contributed by atoms with E-state index >= 15 is 0 Å². The van der Waals surface area contributed by atoms with Gasteiger partial charge in [-0.25, -0.2) is 13.2 Å². The summed E-state index contributed by atoms with van der Waals surface area (Å²) in [4.78, 5) is 4.65. The third-order valence-electron chi connectivity index (χ3n) is 6.71. The van der Waals surface area contributed by atoms with Crippen molar-refractivity contribution in [1.29, 1.82) is 0 Å². The summed E-state index contributed by atoms with van der Waals surface area (Å²) in [6, 6.07) is 27.2. The van der Waals surface area contributed by atoms with Crippen molar-refractivity contribution < 1.29 is 17.9 Å². The predicted octanol–water partition coefficient (Wildman–Crippen LogP) is 7.82. The van der Waals surface area contributed by atoms with E-state index in [0.29, 0.717) is 30.9 Å². The van der Waals surface area contributed by atoms with Crippen LogP contribution in [0.15, 0.2) is 103 Å². The molecule has 0 unspecified atom stereocenters. The number of aromatic nitrogens is 2. The molecule has 6 heteroatoms. The molecule has 2 aromatic heterocycles. The lowest BCUT2D eigenvalue weighted by Crippen LogP contribution is -2.04. The smallest absolute Gasteiger partial charge is 0.126 e. The maximum Gasteiger partial charge on any atom is 0.126 e. The van der Waals surface area contributed by atoms with E-state index in [9.17, 15) is 13.2 Å². The number of ether oxygens (including phenoxy) is 1. The molecule has 0 aliphatic heterocycles. The molecule has 0 bridgehead atoms. The molecule has 38 heavy (non-hydrogen) atoms. The van der Waals surface area contributed by atoms with E-state index in [-0.39, 0.29) is 17.5 Å². The molecule has 0 aliphatic carbocycles. The quantitative estimate of drug-likeness (QED) is 0.220. The average Bonchev–Trinajstić information content (AvgIpc) is 3.24. The number of nitrogens with zero attached hydrogens (tertiary/aromatic N) is 2. The van der Waals surface area contributed by atoms with Gasteiger partial charge in [0.1, 0.15) is 29.8 Å². The van der Waals surface area contributed by atoms with E-state index in [1.165, 1.54) is 30.3 Å². The largest absolute Gasteiger partial charge is 0.489 e. The van der Waals surface area contributed by atoms with Crippen LogP contribution in [0.4, 0.5) is 13.2 Å². The highest BCUT2D eigenvalue weighted by molar-refractivity contribution is 6.09. The number of rotatable bonds is 7. The molecule has 0 aliphatic rings. The van der Waals surface area contributed by atoms with Crippen LogP contribution < -0.4 is 4.74 Å². The Morgan fingerprint density at radius 3 is 2.16 bits per heavy atom. The summed E-state index contributed by atoms with van der Waals surface area (Å²) in [6.07, 6.45) is 2.08. The highest BCUT2D eigenvalue weighted by Crippen LogP contribution is 2.34. The zero-order valence-electron chi connectivity index (χ0n) is 20.4. The topological polar surface area (TPSA) is 27.1 Å². The Hall–Kier alpha value is -4.58. The van der Waals surface area contributed by atoms with Gasteiger partial charge in [0.25, 0.3) is 0 Å². The standard InChI is InChI=1S/C32H23F3N2O/c33-24-9-5-21(6-10-24)19-37-31-18-26(38-20-22-7-11-25(34)12-8-22)13-14-27(31)28-15-16-36-30(32(28)37)17-23-3-1-2-4-29(23)35/h1-16,18H,17,19-20H2. The molecule has 0 saturated carbocycles. The van der Waals surface area contributed by atoms with Crippen LogP contribution in [-0.2, 0) is 19.6 Å². The summed E-state index contributed by atoms with van der Waals surface area (Å²) < 4.78 is 49.6. The molecule has 0 fully saturated rings. The minimum Gasteiger partial charge on any atom is -0.489 e. The van der Waals surface area contributed by atoms with Crippen molar-refractivity contribution in [1.82, 2.24) is 9.55 Å². The number of pyridine rings is 1. The van der Waals surface area contributed by atoms with Crippen molar-refractivity contribution in [3.05, 3.63) is 143 Å². The van der Waals surface area contributed by atoms with Gasteiger partial charge in [0.2, 0.25) is 0 Å². The first kappa shape index (κ1) is 23.8. The molecule has 0 radical (unpaired) electrons. The average molecular weight is 509 g/mol. The molecule has 0 atom stereocenters. The lowest BCUT2D eigenvalue weighted by atomic mass is 10.1. The summed E-state index contributed by atoms with van der Waals surface area (Å²) in [6.45, 7) is 0.766. The molecule has 0 amide bonds. The van der Waals surface area contributed by atoms with Gasteiger partial charge >= 0.3 is 0 Å². The van der Waals surface area contributed by atoms with Crippen molar-refractivity contribution in [2.45, 2.75) is 19.6 Å². The van der Waals surface area contributed by atoms with Crippen molar-refractivity contribution >= 4 is 21.8 Å². The Morgan fingerprint density at radius 2 is 1.42 bits per heavy atom. The molecule has 188 valence electrons. The highest BCUT2D eigenvalue weighted by atomic mass is 19.1. The number of hydrogen-bond acceptors (Lipinski definition) is 2. The lowest BCUT2D eigenvalue weighted by Gasteiger charge is -2.12. The Kier molecular flexibility index (Phi) is 6.30. The van der Waals surface area contributed by atoms with E-state index in [1.54, 1.807) is 42.6 Å². The number of fused-ring (bicyclic) bond motifs is 3. The van der Waals surface area contributed by atoms with Gasteiger partial charge in [0.05, 0.1) is 16.7 Å². The Balaban J connectivity index is 1.46. The Morgan fingerprint density at radius 1 is 0.711 bits per heavy atom. The van der Waals surface area contributed by atoms with Crippen LogP contribution in [0.1, 0.15) is 22.4 Å². The Bertz CT molecular complexity index is 1740. The van der Waals surface area contributed by atoms with Crippen molar-refractivity contribution in [3.8, 4) is 5.75 Å². The SMILES string of the molecule is Fc1ccc(COc2ccc3c4ccnc(Cc5ccccc5F)c4n(Cc4ccc(F)cc4)c3c2)cc1. The van der Waals surface area contributed by atoms with Gasteiger partial charge in [-0.15, -0.1) is 0 Å². The first-order chi connectivity index (χ1) is 18.5. The van der Waals surface area contributed by atoms with Crippen LogP contribution in [0.25, 0.3) is 21.8 Å². The van der Waals surface area contributed by atoms with Crippen molar-refractivity contribution in [2.24, 2.45) is 0 Å². The zero-order chi connectivity index (χ0) is 26.1.